The lowest BCUT2D eigenvalue weighted by molar-refractivity contribution is -0.121. The summed E-state index contributed by atoms with van der Waals surface area (Å²) in [4.78, 5) is 26.8. The van der Waals surface area contributed by atoms with Crippen LogP contribution in [0.3, 0.4) is 0 Å². The number of hydrogen-bond acceptors (Lipinski definition) is 6. The lowest BCUT2D eigenvalue weighted by atomic mass is 10.2. The Hall–Kier alpha value is -2.74. The van der Waals surface area contributed by atoms with Crippen LogP contribution in [0.4, 0.5) is 0 Å². The molecule has 0 radical (unpaired) electrons. The fourth-order valence-electron chi connectivity index (χ4n) is 2.45. The number of amides is 1. The Morgan fingerprint density at radius 3 is 2.86 bits per heavy atom. The average molecular weight is 388 g/mol. The van der Waals surface area contributed by atoms with Gasteiger partial charge in [0.25, 0.3) is 5.56 Å². The van der Waals surface area contributed by atoms with Gasteiger partial charge in [0.15, 0.2) is 5.82 Å². The van der Waals surface area contributed by atoms with Crippen LogP contribution in [-0.2, 0) is 16.0 Å². The molecule has 0 bridgehead atoms. The summed E-state index contributed by atoms with van der Waals surface area (Å²) in [6.07, 6.45) is 2.16. The molecule has 0 spiro atoms. The number of aryl methyl sites for hydroxylation is 1. The number of methoxy groups -OCH3 is 1. The van der Waals surface area contributed by atoms with Crippen LogP contribution in [0.15, 0.2) is 29.1 Å². The number of aromatic amines is 1. The molecule has 8 heteroatoms. The van der Waals surface area contributed by atoms with Crippen molar-refractivity contribution in [1.82, 2.24) is 20.5 Å². The first kappa shape index (κ1) is 21.6. The summed E-state index contributed by atoms with van der Waals surface area (Å²) in [6.45, 7) is 5.19. The Bertz CT molecular complexity index is 822. The largest absolute Gasteiger partial charge is 0.491 e. The number of rotatable bonds is 11. The van der Waals surface area contributed by atoms with E-state index in [0.29, 0.717) is 30.3 Å². The molecule has 0 aliphatic heterocycles. The first-order valence-corrected chi connectivity index (χ1v) is 9.52. The van der Waals surface area contributed by atoms with E-state index in [-0.39, 0.29) is 36.1 Å². The van der Waals surface area contributed by atoms with Gasteiger partial charge in [-0.1, -0.05) is 19.1 Å². The second kappa shape index (κ2) is 11.2. The summed E-state index contributed by atoms with van der Waals surface area (Å²) in [5.41, 5.74) is 0.612. The molecule has 1 aromatic carbocycles. The van der Waals surface area contributed by atoms with E-state index in [1.54, 1.807) is 7.11 Å². The van der Waals surface area contributed by atoms with Crippen LogP contribution in [0.2, 0.25) is 0 Å². The number of nitrogens with one attached hydrogen (secondary N) is 2. The molecule has 28 heavy (non-hydrogen) atoms. The van der Waals surface area contributed by atoms with Crippen LogP contribution in [0.1, 0.15) is 38.8 Å². The van der Waals surface area contributed by atoms with Gasteiger partial charge in [-0.15, -0.1) is 10.2 Å². The Kier molecular flexibility index (Phi) is 8.61. The van der Waals surface area contributed by atoms with Gasteiger partial charge in [0, 0.05) is 38.7 Å². The Morgan fingerprint density at radius 2 is 2.14 bits per heavy atom. The van der Waals surface area contributed by atoms with E-state index in [0.717, 1.165) is 12.8 Å². The molecular weight excluding hydrogens is 360 g/mol. The van der Waals surface area contributed by atoms with E-state index in [1.807, 2.05) is 31.2 Å². The summed E-state index contributed by atoms with van der Waals surface area (Å²) >= 11 is 0. The van der Waals surface area contributed by atoms with Gasteiger partial charge in [0.05, 0.1) is 6.10 Å². The number of ether oxygens (including phenoxy) is 2. The lowest BCUT2D eigenvalue weighted by Gasteiger charge is -2.13. The van der Waals surface area contributed by atoms with Gasteiger partial charge < -0.3 is 19.8 Å². The zero-order valence-corrected chi connectivity index (χ0v) is 16.7. The van der Waals surface area contributed by atoms with Crippen molar-refractivity contribution in [3.63, 3.8) is 0 Å². The third kappa shape index (κ3) is 6.77. The Labute approximate surface area is 164 Å². The van der Waals surface area contributed by atoms with Gasteiger partial charge in [0.2, 0.25) is 5.91 Å². The Balaban J connectivity index is 1.98. The SMILES string of the molecule is CCC(C)Oc1cccc(-c2nnc(CCC(=O)NCCCOC)c(=O)[nH]2)c1. The minimum atomic E-state index is -0.342. The fourth-order valence-corrected chi connectivity index (χ4v) is 2.45. The smallest absolute Gasteiger partial charge is 0.273 e. The predicted octanol–water partition coefficient (Wildman–Crippen LogP) is 2.09. The molecule has 0 aliphatic rings. The summed E-state index contributed by atoms with van der Waals surface area (Å²) in [7, 11) is 1.62. The van der Waals surface area contributed by atoms with E-state index < -0.39 is 0 Å². The molecule has 1 atom stereocenters. The number of nitrogens with zero attached hydrogens (tertiary/aromatic N) is 2. The molecule has 1 heterocycles. The standard InChI is InChI=1S/C20H28N4O4/c1-4-14(2)28-16-8-5-7-15(13-16)19-22-20(26)17(23-24-19)9-10-18(25)21-11-6-12-27-3/h5,7-8,13-14H,4,6,9-12H2,1-3H3,(H,21,25)(H,22,24,26). The second-order valence-electron chi connectivity index (χ2n) is 6.51. The van der Waals surface area contributed by atoms with Crippen molar-refractivity contribution in [2.45, 2.75) is 45.6 Å². The van der Waals surface area contributed by atoms with Gasteiger partial charge >= 0.3 is 0 Å². The van der Waals surface area contributed by atoms with E-state index >= 15 is 0 Å². The van der Waals surface area contributed by atoms with Crippen molar-refractivity contribution >= 4 is 5.91 Å². The van der Waals surface area contributed by atoms with Crippen LogP contribution < -0.4 is 15.6 Å². The van der Waals surface area contributed by atoms with Gasteiger partial charge in [0.1, 0.15) is 11.4 Å². The zero-order chi connectivity index (χ0) is 20.4. The lowest BCUT2D eigenvalue weighted by Crippen LogP contribution is -2.27. The van der Waals surface area contributed by atoms with E-state index in [1.165, 1.54) is 0 Å². The van der Waals surface area contributed by atoms with E-state index in [9.17, 15) is 9.59 Å². The minimum Gasteiger partial charge on any atom is -0.491 e. The highest BCUT2D eigenvalue weighted by Gasteiger charge is 2.10. The highest BCUT2D eigenvalue weighted by atomic mass is 16.5. The quantitative estimate of drug-likeness (QED) is 0.571. The van der Waals surface area contributed by atoms with E-state index in [2.05, 4.69) is 27.4 Å². The maximum absolute atomic E-state index is 12.3. The molecule has 8 nitrogen and oxygen atoms in total. The van der Waals surface area contributed by atoms with Gasteiger partial charge in [-0.2, -0.15) is 0 Å². The van der Waals surface area contributed by atoms with E-state index in [4.69, 9.17) is 9.47 Å². The van der Waals surface area contributed by atoms with Crippen LogP contribution in [-0.4, -0.2) is 47.5 Å². The predicted molar refractivity (Wildman–Crippen MR) is 106 cm³/mol. The molecule has 0 aliphatic carbocycles. The maximum atomic E-state index is 12.3. The normalized spacial score (nSPS) is 11.8. The summed E-state index contributed by atoms with van der Waals surface area (Å²) in [6, 6.07) is 7.35. The molecule has 152 valence electrons. The summed E-state index contributed by atoms with van der Waals surface area (Å²) in [5.74, 6) is 0.951. The number of carbonyl (C=O) groups is 1. The molecule has 2 rings (SSSR count). The van der Waals surface area contributed by atoms with Crippen molar-refractivity contribution in [2.75, 3.05) is 20.3 Å². The average Bonchev–Trinajstić information content (AvgIpc) is 2.70. The molecule has 1 aromatic heterocycles. The molecule has 2 N–H and O–H groups in total. The molecule has 1 amide bonds. The topological polar surface area (TPSA) is 106 Å². The van der Waals surface area contributed by atoms with Crippen LogP contribution in [0, 0.1) is 0 Å². The summed E-state index contributed by atoms with van der Waals surface area (Å²) in [5, 5.41) is 10.9. The molecule has 1 unspecified atom stereocenters. The molecule has 0 saturated heterocycles. The maximum Gasteiger partial charge on any atom is 0.273 e. The highest BCUT2D eigenvalue weighted by Crippen LogP contribution is 2.21. The Morgan fingerprint density at radius 1 is 1.32 bits per heavy atom. The van der Waals surface area contributed by atoms with Gasteiger partial charge in [-0.05, 0) is 31.9 Å². The third-order valence-electron chi connectivity index (χ3n) is 4.22. The first-order valence-electron chi connectivity index (χ1n) is 9.52. The fraction of sp³-hybridized carbons (Fsp3) is 0.500. The van der Waals surface area contributed by atoms with Crippen molar-refractivity contribution < 1.29 is 14.3 Å². The van der Waals surface area contributed by atoms with Gasteiger partial charge in [-0.25, -0.2) is 0 Å². The zero-order valence-electron chi connectivity index (χ0n) is 16.7. The molecule has 2 aromatic rings. The minimum absolute atomic E-state index is 0.100. The monoisotopic (exact) mass is 388 g/mol. The number of aromatic nitrogens is 3. The number of carbonyl (C=O) groups excluding carboxylic acids is 1. The van der Waals surface area contributed by atoms with Crippen molar-refractivity contribution in [1.29, 1.82) is 0 Å². The highest BCUT2D eigenvalue weighted by molar-refractivity contribution is 5.76. The second-order valence-corrected chi connectivity index (χ2v) is 6.51. The summed E-state index contributed by atoms with van der Waals surface area (Å²) < 4.78 is 10.7. The molecular formula is C20H28N4O4. The van der Waals surface area contributed by atoms with Crippen molar-refractivity contribution in [3.05, 3.63) is 40.3 Å². The number of H-pyrrole nitrogens is 1. The number of benzene rings is 1. The first-order chi connectivity index (χ1) is 13.5. The van der Waals surface area contributed by atoms with Crippen LogP contribution >= 0.6 is 0 Å². The van der Waals surface area contributed by atoms with Crippen molar-refractivity contribution in [2.24, 2.45) is 0 Å². The van der Waals surface area contributed by atoms with Gasteiger partial charge in [-0.3, -0.25) is 9.59 Å². The van der Waals surface area contributed by atoms with Crippen LogP contribution in [0.25, 0.3) is 11.4 Å². The number of hydrogen-bond donors (Lipinski definition) is 2. The molecule has 0 saturated carbocycles. The third-order valence-corrected chi connectivity index (χ3v) is 4.22. The molecule has 0 fully saturated rings. The van der Waals surface area contributed by atoms with Crippen molar-refractivity contribution in [3.8, 4) is 17.1 Å². The van der Waals surface area contributed by atoms with Crippen LogP contribution in [0.5, 0.6) is 5.75 Å².